The molecule has 1 aromatic heterocycles. The van der Waals surface area contributed by atoms with Gasteiger partial charge in [0.15, 0.2) is 0 Å². The Balaban J connectivity index is 2.39. The first-order valence-electron chi connectivity index (χ1n) is 6.72. The summed E-state index contributed by atoms with van der Waals surface area (Å²) in [6.07, 6.45) is 0. The zero-order valence-electron chi connectivity index (χ0n) is 12.4. The Labute approximate surface area is 130 Å². The summed E-state index contributed by atoms with van der Waals surface area (Å²) in [5.74, 6) is 0. The molecular weight excluding hydrogens is 304 g/mol. The SMILES string of the molecule is Cc1cc(S(=O)(=O)N(Cc2cccs2)C(C)C)ccc1N. The molecule has 0 atom stereocenters. The van der Waals surface area contributed by atoms with Crippen molar-refractivity contribution in [2.75, 3.05) is 5.73 Å². The monoisotopic (exact) mass is 324 g/mol. The number of hydrogen-bond acceptors (Lipinski definition) is 4. The third kappa shape index (κ3) is 3.45. The van der Waals surface area contributed by atoms with Crippen molar-refractivity contribution in [3.8, 4) is 0 Å². The lowest BCUT2D eigenvalue weighted by molar-refractivity contribution is 0.350. The second-order valence-electron chi connectivity index (χ2n) is 5.24. The van der Waals surface area contributed by atoms with Crippen molar-refractivity contribution in [2.24, 2.45) is 0 Å². The van der Waals surface area contributed by atoms with E-state index in [1.807, 2.05) is 38.3 Å². The summed E-state index contributed by atoms with van der Waals surface area (Å²) in [4.78, 5) is 1.32. The molecule has 2 rings (SSSR count). The number of thiophene rings is 1. The standard InChI is InChI=1S/C15H20N2O2S2/c1-11(2)17(10-13-5-4-8-20-13)21(18,19)14-6-7-15(16)12(3)9-14/h4-9,11H,10,16H2,1-3H3. The largest absolute Gasteiger partial charge is 0.399 e. The normalized spacial score (nSPS) is 12.2. The minimum absolute atomic E-state index is 0.116. The molecule has 0 aliphatic rings. The second-order valence-corrected chi connectivity index (χ2v) is 8.16. The summed E-state index contributed by atoms with van der Waals surface area (Å²) < 4.78 is 27.2. The van der Waals surface area contributed by atoms with Crippen molar-refractivity contribution >= 4 is 27.0 Å². The molecule has 0 fully saturated rings. The molecule has 0 saturated heterocycles. The predicted molar refractivity (Wildman–Crippen MR) is 87.8 cm³/mol. The van der Waals surface area contributed by atoms with E-state index in [4.69, 9.17) is 5.73 Å². The van der Waals surface area contributed by atoms with Crippen molar-refractivity contribution in [1.29, 1.82) is 0 Å². The van der Waals surface area contributed by atoms with Crippen molar-refractivity contribution in [1.82, 2.24) is 4.31 Å². The molecular formula is C15H20N2O2S2. The lowest BCUT2D eigenvalue weighted by atomic mass is 10.2. The molecule has 0 bridgehead atoms. The van der Waals surface area contributed by atoms with Gasteiger partial charge in [-0.2, -0.15) is 4.31 Å². The first kappa shape index (κ1) is 16.0. The first-order valence-corrected chi connectivity index (χ1v) is 9.04. The highest BCUT2D eigenvalue weighted by Gasteiger charge is 2.27. The molecule has 2 N–H and O–H groups in total. The minimum Gasteiger partial charge on any atom is -0.399 e. The van der Waals surface area contributed by atoms with Gasteiger partial charge in [-0.25, -0.2) is 8.42 Å². The minimum atomic E-state index is -3.53. The van der Waals surface area contributed by atoms with Crippen molar-refractivity contribution < 1.29 is 8.42 Å². The van der Waals surface area contributed by atoms with Gasteiger partial charge in [0.2, 0.25) is 10.0 Å². The Hall–Kier alpha value is -1.37. The number of benzene rings is 1. The summed E-state index contributed by atoms with van der Waals surface area (Å²) in [6.45, 7) is 5.97. The van der Waals surface area contributed by atoms with Crippen LogP contribution in [0.15, 0.2) is 40.6 Å². The molecule has 114 valence electrons. The lowest BCUT2D eigenvalue weighted by Gasteiger charge is -2.25. The number of nitrogen functional groups attached to an aromatic ring is 1. The maximum atomic E-state index is 12.9. The van der Waals surface area contributed by atoms with Gasteiger partial charge < -0.3 is 5.73 Å². The Morgan fingerprint density at radius 2 is 2.00 bits per heavy atom. The molecule has 0 unspecified atom stereocenters. The van der Waals surface area contributed by atoms with E-state index in [1.165, 1.54) is 4.31 Å². The average molecular weight is 324 g/mol. The fourth-order valence-electron chi connectivity index (χ4n) is 2.05. The third-order valence-corrected chi connectivity index (χ3v) is 6.19. The van der Waals surface area contributed by atoms with Crippen LogP contribution in [0.4, 0.5) is 5.69 Å². The van der Waals surface area contributed by atoms with Crippen LogP contribution in [0.1, 0.15) is 24.3 Å². The average Bonchev–Trinajstić information content (AvgIpc) is 2.91. The van der Waals surface area contributed by atoms with Gasteiger partial charge >= 0.3 is 0 Å². The van der Waals surface area contributed by atoms with Gasteiger partial charge in [-0.1, -0.05) is 6.07 Å². The van der Waals surface area contributed by atoms with E-state index in [1.54, 1.807) is 29.5 Å². The van der Waals surface area contributed by atoms with E-state index < -0.39 is 10.0 Å². The predicted octanol–water partition coefficient (Wildman–Crippen LogP) is 3.24. The molecule has 0 amide bonds. The zero-order chi connectivity index (χ0) is 15.6. The first-order chi connectivity index (χ1) is 9.82. The summed E-state index contributed by atoms with van der Waals surface area (Å²) in [7, 11) is -3.53. The number of nitrogens with zero attached hydrogens (tertiary/aromatic N) is 1. The van der Waals surface area contributed by atoms with Crippen LogP contribution in [0.25, 0.3) is 0 Å². The number of rotatable bonds is 5. The number of anilines is 1. The van der Waals surface area contributed by atoms with E-state index in [0.29, 0.717) is 17.1 Å². The molecule has 1 heterocycles. The van der Waals surface area contributed by atoms with Crippen LogP contribution in [0.3, 0.4) is 0 Å². The topological polar surface area (TPSA) is 63.4 Å². The van der Waals surface area contributed by atoms with Crippen LogP contribution in [-0.2, 0) is 16.6 Å². The molecule has 0 spiro atoms. The van der Waals surface area contributed by atoms with E-state index in [9.17, 15) is 8.42 Å². The number of sulfonamides is 1. The molecule has 2 aromatic rings. The zero-order valence-corrected chi connectivity index (χ0v) is 14.0. The van der Waals surface area contributed by atoms with Crippen LogP contribution in [0.2, 0.25) is 0 Å². The summed E-state index contributed by atoms with van der Waals surface area (Å²) >= 11 is 1.56. The van der Waals surface area contributed by atoms with Crippen LogP contribution >= 0.6 is 11.3 Å². The Kier molecular flexibility index (Phi) is 4.70. The van der Waals surface area contributed by atoms with E-state index >= 15 is 0 Å². The summed E-state index contributed by atoms with van der Waals surface area (Å²) in [5.41, 5.74) is 7.15. The maximum Gasteiger partial charge on any atom is 0.243 e. The third-order valence-electron chi connectivity index (χ3n) is 3.32. The van der Waals surface area contributed by atoms with Gasteiger partial charge in [0, 0.05) is 23.2 Å². The van der Waals surface area contributed by atoms with Crippen molar-refractivity contribution in [2.45, 2.75) is 38.3 Å². The van der Waals surface area contributed by atoms with Gasteiger partial charge in [0.1, 0.15) is 0 Å². The highest BCUT2D eigenvalue weighted by Crippen LogP contribution is 2.25. The lowest BCUT2D eigenvalue weighted by Crippen LogP contribution is -2.36. The highest BCUT2D eigenvalue weighted by molar-refractivity contribution is 7.89. The molecule has 0 radical (unpaired) electrons. The van der Waals surface area contributed by atoms with Gasteiger partial charge in [-0.15, -0.1) is 11.3 Å². The van der Waals surface area contributed by atoms with E-state index in [-0.39, 0.29) is 6.04 Å². The molecule has 0 aliphatic heterocycles. The van der Waals surface area contributed by atoms with E-state index in [0.717, 1.165) is 10.4 Å². The van der Waals surface area contributed by atoms with Crippen molar-refractivity contribution in [3.05, 3.63) is 46.2 Å². The summed E-state index contributed by atoms with van der Waals surface area (Å²) in [5, 5.41) is 1.95. The molecule has 4 nitrogen and oxygen atoms in total. The Morgan fingerprint density at radius 3 is 2.52 bits per heavy atom. The van der Waals surface area contributed by atoms with Crippen LogP contribution in [0, 0.1) is 6.92 Å². The molecule has 6 heteroatoms. The molecule has 21 heavy (non-hydrogen) atoms. The number of hydrogen-bond donors (Lipinski definition) is 1. The van der Waals surface area contributed by atoms with E-state index in [2.05, 4.69) is 0 Å². The van der Waals surface area contributed by atoms with Crippen LogP contribution < -0.4 is 5.73 Å². The van der Waals surface area contributed by atoms with Crippen molar-refractivity contribution in [3.63, 3.8) is 0 Å². The molecule has 0 aliphatic carbocycles. The van der Waals surface area contributed by atoms with Gasteiger partial charge in [-0.3, -0.25) is 0 Å². The highest BCUT2D eigenvalue weighted by atomic mass is 32.2. The maximum absolute atomic E-state index is 12.9. The van der Waals surface area contributed by atoms with Gasteiger partial charge in [0.25, 0.3) is 0 Å². The Morgan fingerprint density at radius 1 is 1.29 bits per heavy atom. The van der Waals surface area contributed by atoms with Gasteiger partial charge in [0.05, 0.1) is 4.90 Å². The smallest absolute Gasteiger partial charge is 0.243 e. The second kappa shape index (κ2) is 6.17. The fraction of sp³-hybridized carbons (Fsp3) is 0.333. The summed E-state index contributed by atoms with van der Waals surface area (Å²) in [6, 6.07) is 8.61. The van der Waals surface area contributed by atoms with Gasteiger partial charge in [-0.05, 0) is 56.0 Å². The molecule has 0 saturated carbocycles. The number of aryl methyl sites for hydroxylation is 1. The fourth-order valence-corrected chi connectivity index (χ4v) is 4.53. The molecule has 1 aromatic carbocycles. The Bertz CT molecular complexity index is 707. The quantitative estimate of drug-likeness (QED) is 0.859. The number of nitrogens with two attached hydrogens (primary N) is 1. The van der Waals surface area contributed by atoms with Crippen LogP contribution in [-0.4, -0.2) is 18.8 Å². The van der Waals surface area contributed by atoms with Crippen LogP contribution in [0.5, 0.6) is 0 Å².